The minimum absolute atomic E-state index is 0.185. The molecule has 0 radical (unpaired) electrons. The largest absolute Gasteiger partial charge is 0.361 e. The number of H-pyrrole nitrogens is 2. The Kier molecular flexibility index (Phi) is 7.36. The van der Waals surface area contributed by atoms with Gasteiger partial charge >= 0.3 is 0 Å². The normalized spacial score (nSPS) is 11.7. The van der Waals surface area contributed by atoms with E-state index < -0.39 is 0 Å². The number of nitrogens with zero attached hydrogens (tertiary/aromatic N) is 2. The summed E-state index contributed by atoms with van der Waals surface area (Å²) >= 11 is 6.90. The van der Waals surface area contributed by atoms with Crippen LogP contribution in [0.3, 0.4) is 0 Å². The van der Waals surface area contributed by atoms with Crippen molar-refractivity contribution in [2.75, 3.05) is 0 Å². The maximum atomic E-state index is 12.0. The molecule has 0 bridgehead atoms. The molecule has 0 atom stereocenters. The van der Waals surface area contributed by atoms with Crippen molar-refractivity contribution in [3.8, 4) is 0 Å². The highest BCUT2D eigenvalue weighted by molar-refractivity contribution is 9.10. The van der Waals surface area contributed by atoms with Gasteiger partial charge in [0.2, 0.25) is 11.8 Å². The number of amides is 2. The molecule has 4 N–H and O–H groups in total. The first-order valence-corrected chi connectivity index (χ1v) is 11.8. The fourth-order valence-electron chi connectivity index (χ4n) is 3.31. The van der Waals surface area contributed by atoms with Crippen LogP contribution >= 0.6 is 31.9 Å². The highest BCUT2D eigenvalue weighted by Crippen LogP contribution is 2.22. The highest BCUT2D eigenvalue weighted by atomic mass is 79.9. The van der Waals surface area contributed by atoms with Crippen LogP contribution in [0.25, 0.3) is 21.8 Å². The molecule has 0 saturated carbocycles. The molecule has 2 aromatic carbocycles. The molecule has 0 spiro atoms. The van der Waals surface area contributed by atoms with Gasteiger partial charge in [0.1, 0.15) is 0 Å². The van der Waals surface area contributed by atoms with E-state index >= 15 is 0 Å². The number of aromatic amines is 2. The Hall–Kier alpha value is -3.24. The number of carbonyl (C=O) groups is 2. The zero-order valence-corrected chi connectivity index (χ0v) is 20.5. The van der Waals surface area contributed by atoms with E-state index in [1.807, 2.05) is 48.8 Å². The van der Waals surface area contributed by atoms with Crippen LogP contribution in [0, 0.1) is 0 Å². The molecule has 33 heavy (non-hydrogen) atoms. The van der Waals surface area contributed by atoms with Gasteiger partial charge in [-0.25, -0.2) is 10.9 Å². The zero-order valence-electron chi connectivity index (χ0n) is 17.4. The van der Waals surface area contributed by atoms with E-state index in [1.54, 1.807) is 12.4 Å². The number of hydrogen-bond donors (Lipinski definition) is 4. The number of hydrazone groups is 2. The summed E-state index contributed by atoms with van der Waals surface area (Å²) < 4.78 is 1.93. The number of carbonyl (C=O) groups excluding carboxylic acids is 2. The van der Waals surface area contributed by atoms with Crippen LogP contribution in [-0.4, -0.2) is 34.2 Å². The molecule has 4 aromatic rings. The van der Waals surface area contributed by atoms with Crippen LogP contribution in [0.4, 0.5) is 0 Å². The first kappa shape index (κ1) is 22.9. The van der Waals surface area contributed by atoms with Crippen molar-refractivity contribution in [2.45, 2.75) is 19.3 Å². The molecular formula is C23H20Br2N6O2. The Bertz CT molecular complexity index is 1270. The minimum Gasteiger partial charge on any atom is -0.361 e. The SMILES string of the molecule is O=C(CCCC(=O)N/N=C/c1c[nH]c2ccc(Br)cc12)N/N=C/c1c[nH]c2ccc(Br)cc12. The van der Waals surface area contributed by atoms with Crippen LogP contribution < -0.4 is 10.9 Å². The molecule has 0 aliphatic rings. The molecule has 10 heteroatoms. The van der Waals surface area contributed by atoms with Gasteiger partial charge in [-0.3, -0.25) is 9.59 Å². The lowest BCUT2D eigenvalue weighted by Gasteiger charge is -2.00. The highest BCUT2D eigenvalue weighted by Gasteiger charge is 2.06. The Balaban J connectivity index is 1.19. The number of nitrogens with one attached hydrogen (secondary N) is 4. The number of fused-ring (bicyclic) bond motifs is 2. The van der Waals surface area contributed by atoms with Crippen LogP contribution in [0.15, 0.2) is 67.9 Å². The molecule has 0 aliphatic heterocycles. The summed E-state index contributed by atoms with van der Waals surface area (Å²) in [6.45, 7) is 0. The first-order valence-electron chi connectivity index (χ1n) is 10.2. The molecule has 2 amide bonds. The van der Waals surface area contributed by atoms with Gasteiger partial charge in [-0.1, -0.05) is 31.9 Å². The molecule has 4 rings (SSSR count). The van der Waals surface area contributed by atoms with Gasteiger partial charge in [0, 0.05) is 67.1 Å². The quantitative estimate of drug-likeness (QED) is 0.177. The van der Waals surface area contributed by atoms with E-state index in [0.29, 0.717) is 6.42 Å². The third-order valence-corrected chi connectivity index (χ3v) is 5.93. The lowest BCUT2D eigenvalue weighted by atomic mass is 10.2. The van der Waals surface area contributed by atoms with Crippen molar-refractivity contribution in [3.63, 3.8) is 0 Å². The summed E-state index contributed by atoms with van der Waals surface area (Å²) in [4.78, 5) is 30.3. The molecule has 168 valence electrons. The van der Waals surface area contributed by atoms with Crippen LogP contribution in [0.2, 0.25) is 0 Å². The Morgan fingerprint density at radius 3 is 1.70 bits per heavy atom. The fourth-order valence-corrected chi connectivity index (χ4v) is 4.03. The van der Waals surface area contributed by atoms with Gasteiger partial charge in [0.15, 0.2) is 0 Å². The fraction of sp³-hybridized carbons (Fsp3) is 0.130. The first-order chi connectivity index (χ1) is 16.0. The molecule has 0 fully saturated rings. The van der Waals surface area contributed by atoms with Gasteiger partial charge in [-0.2, -0.15) is 10.2 Å². The van der Waals surface area contributed by atoms with E-state index in [1.165, 1.54) is 0 Å². The Labute approximate surface area is 206 Å². The van der Waals surface area contributed by atoms with Gasteiger partial charge in [0.05, 0.1) is 12.4 Å². The molecule has 2 aromatic heterocycles. The third-order valence-electron chi connectivity index (χ3n) is 4.95. The summed E-state index contributed by atoms with van der Waals surface area (Å²) in [5.41, 5.74) is 8.69. The summed E-state index contributed by atoms with van der Waals surface area (Å²) in [7, 11) is 0. The maximum Gasteiger partial charge on any atom is 0.240 e. The Morgan fingerprint density at radius 1 is 0.788 bits per heavy atom. The molecular weight excluding hydrogens is 552 g/mol. The number of rotatable bonds is 8. The van der Waals surface area contributed by atoms with Crippen molar-refractivity contribution in [1.29, 1.82) is 0 Å². The second kappa shape index (κ2) is 10.6. The smallest absolute Gasteiger partial charge is 0.240 e. The van der Waals surface area contributed by atoms with Crippen LogP contribution in [-0.2, 0) is 9.59 Å². The van der Waals surface area contributed by atoms with Gasteiger partial charge < -0.3 is 9.97 Å². The second-order valence-corrected chi connectivity index (χ2v) is 9.14. The average molecular weight is 572 g/mol. The summed E-state index contributed by atoms with van der Waals surface area (Å²) in [5.74, 6) is -0.513. The molecule has 0 unspecified atom stereocenters. The summed E-state index contributed by atoms with van der Waals surface area (Å²) in [6.07, 6.45) is 7.60. The van der Waals surface area contributed by atoms with E-state index in [9.17, 15) is 9.59 Å². The van der Waals surface area contributed by atoms with Crippen LogP contribution in [0.5, 0.6) is 0 Å². The minimum atomic E-state index is -0.257. The van der Waals surface area contributed by atoms with Crippen molar-refractivity contribution >= 4 is 77.9 Å². The number of aromatic nitrogens is 2. The van der Waals surface area contributed by atoms with E-state index in [0.717, 1.165) is 41.9 Å². The lowest BCUT2D eigenvalue weighted by molar-refractivity contribution is -0.122. The Morgan fingerprint density at radius 2 is 1.24 bits per heavy atom. The van der Waals surface area contributed by atoms with Crippen molar-refractivity contribution in [1.82, 2.24) is 20.8 Å². The number of halogens is 2. The predicted octanol–water partition coefficient (Wildman–Crippen LogP) is 4.94. The van der Waals surface area contributed by atoms with Crippen molar-refractivity contribution in [3.05, 3.63) is 68.9 Å². The molecule has 0 aliphatic carbocycles. The maximum absolute atomic E-state index is 12.0. The number of hydrogen-bond acceptors (Lipinski definition) is 4. The van der Waals surface area contributed by atoms with Gasteiger partial charge in [0.25, 0.3) is 0 Å². The monoisotopic (exact) mass is 570 g/mol. The topological polar surface area (TPSA) is 114 Å². The van der Waals surface area contributed by atoms with Crippen molar-refractivity contribution < 1.29 is 9.59 Å². The van der Waals surface area contributed by atoms with E-state index in [2.05, 4.69) is 62.9 Å². The lowest BCUT2D eigenvalue weighted by Crippen LogP contribution is -2.20. The summed E-state index contributed by atoms with van der Waals surface area (Å²) in [6, 6.07) is 11.8. The van der Waals surface area contributed by atoms with Crippen molar-refractivity contribution in [2.24, 2.45) is 10.2 Å². The van der Waals surface area contributed by atoms with E-state index in [4.69, 9.17) is 0 Å². The predicted molar refractivity (Wildman–Crippen MR) is 137 cm³/mol. The average Bonchev–Trinajstić information content (AvgIpc) is 3.37. The molecule has 8 nitrogen and oxygen atoms in total. The zero-order chi connectivity index (χ0) is 23.2. The number of benzene rings is 2. The molecule has 2 heterocycles. The van der Waals surface area contributed by atoms with Gasteiger partial charge in [-0.05, 0) is 42.8 Å². The van der Waals surface area contributed by atoms with Crippen LogP contribution in [0.1, 0.15) is 30.4 Å². The summed E-state index contributed by atoms with van der Waals surface area (Å²) in [5, 5.41) is 10.0. The third kappa shape index (κ3) is 5.96. The van der Waals surface area contributed by atoms with E-state index in [-0.39, 0.29) is 24.7 Å². The standard InChI is InChI=1S/C23H20Br2N6O2/c24-16-4-6-20-18(8-16)14(10-26-20)12-28-30-22(32)2-1-3-23(33)31-29-13-15-11-27-21-7-5-17(25)9-19(15)21/h4-13,26-27H,1-3H2,(H,30,32)(H,31,33)/b28-12+,29-13+. The molecule has 0 saturated heterocycles. The van der Waals surface area contributed by atoms with Gasteiger partial charge in [-0.15, -0.1) is 0 Å². The second-order valence-electron chi connectivity index (χ2n) is 7.31.